The van der Waals surface area contributed by atoms with E-state index in [0.717, 1.165) is 0 Å². The molecule has 1 aromatic carbocycles. The van der Waals surface area contributed by atoms with Crippen molar-refractivity contribution >= 4 is 11.9 Å². The topological polar surface area (TPSA) is 66.8 Å². The molecule has 1 N–H and O–H groups in total. The first-order valence-corrected chi connectivity index (χ1v) is 6.43. The summed E-state index contributed by atoms with van der Waals surface area (Å²) in [6.45, 7) is 0.712. The molecule has 1 aliphatic heterocycles. The fourth-order valence-electron chi connectivity index (χ4n) is 2.27. The fraction of sp³-hybridized carbons (Fsp3) is 0.429. The lowest BCUT2D eigenvalue weighted by Gasteiger charge is -2.16. The highest BCUT2D eigenvalue weighted by molar-refractivity contribution is 5.78. The largest absolute Gasteiger partial charge is 0.481 e. The zero-order chi connectivity index (χ0) is 14.5. The van der Waals surface area contributed by atoms with E-state index in [1.807, 2.05) is 0 Å². The number of carboxylic acid groups (broad SMARTS) is 1. The van der Waals surface area contributed by atoms with Gasteiger partial charge in [0.2, 0.25) is 0 Å². The highest BCUT2D eigenvalue weighted by Gasteiger charge is 2.27. The molecular weight excluding hydrogens is 265 g/mol. The number of carboxylic acids is 1. The van der Waals surface area contributed by atoms with Crippen LogP contribution in [0.2, 0.25) is 0 Å². The van der Waals surface area contributed by atoms with Crippen molar-refractivity contribution in [3.63, 3.8) is 0 Å². The minimum Gasteiger partial charge on any atom is -0.481 e. The van der Waals surface area contributed by atoms with Crippen molar-refractivity contribution in [1.82, 2.24) is 4.90 Å². The van der Waals surface area contributed by atoms with Crippen molar-refractivity contribution < 1.29 is 23.8 Å². The minimum atomic E-state index is -0.855. The lowest BCUT2D eigenvalue weighted by Crippen LogP contribution is -2.33. The number of nitrogens with zero attached hydrogens (tertiary/aromatic N) is 1. The quantitative estimate of drug-likeness (QED) is 0.888. The van der Waals surface area contributed by atoms with Gasteiger partial charge < -0.3 is 14.7 Å². The summed E-state index contributed by atoms with van der Waals surface area (Å²) in [6.07, 6.45) is 0.746. The average Bonchev–Trinajstić information content (AvgIpc) is 2.85. The normalized spacial score (nSPS) is 18.1. The summed E-state index contributed by atoms with van der Waals surface area (Å²) in [6, 6.07) is 5.89. The Morgan fingerprint density at radius 2 is 2.15 bits per heavy atom. The number of para-hydroxylation sites is 1. The molecular formula is C14H16FNO4. The average molecular weight is 281 g/mol. The molecule has 1 saturated heterocycles. The predicted octanol–water partition coefficient (Wildman–Crippen LogP) is 1.53. The van der Waals surface area contributed by atoms with E-state index in [4.69, 9.17) is 9.84 Å². The second-order valence-electron chi connectivity index (χ2n) is 4.81. The Morgan fingerprint density at radius 1 is 1.40 bits per heavy atom. The summed E-state index contributed by atoms with van der Waals surface area (Å²) in [5.41, 5.74) is 0. The van der Waals surface area contributed by atoms with Crippen molar-refractivity contribution in [1.29, 1.82) is 0 Å². The summed E-state index contributed by atoms with van der Waals surface area (Å²) in [7, 11) is 0. The number of carbonyl (C=O) groups is 2. The van der Waals surface area contributed by atoms with Gasteiger partial charge in [0.05, 0.1) is 0 Å². The van der Waals surface area contributed by atoms with E-state index in [2.05, 4.69) is 0 Å². The smallest absolute Gasteiger partial charge is 0.303 e. The first-order valence-electron chi connectivity index (χ1n) is 6.43. The van der Waals surface area contributed by atoms with Gasteiger partial charge in [0.25, 0.3) is 5.91 Å². The van der Waals surface area contributed by atoms with Gasteiger partial charge >= 0.3 is 5.97 Å². The standard InChI is InChI=1S/C14H16FNO4/c15-11-3-1-2-4-12(11)20-9-13(17)16-6-5-10(8-16)7-14(18)19/h1-4,10H,5-9H2,(H,18,19). The Balaban J connectivity index is 1.81. The van der Waals surface area contributed by atoms with Crippen LogP contribution in [0.4, 0.5) is 4.39 Å². The minimum absolute atomic E-state index is 0.00934. The summed E-state index contributed by atoms with van der Waals surface area (Å²) in [4.78, 5) is 24.1. The maximum absolute atomic E-state index is 13.3. The van der Waals surface area contributed by atoms with Gasteiger partial charge in [0.15, 0.2) is 18.2 Å². The molecule has 1 aliphatic rings. The number of amides is 1. The molecule has 2 rings (SSSR count). The van der Waals surface area contributed by atoms with Crippen LogP contribution in [0.1, 0.15) is 12.8 Å². The second kappa shape index (κ2) is 6.36. The van der Waals surface area contributed by atoms with Crippen LogP contribution in [0.15, 0.2) is 24.3 Å². The van der Waals surface area contributed by atoms with E-state index in [0.29, 0.717) is 19.5 Å². The molecule has 0 saturated carbocycles. The van der Waals surface area contributed by atoms with Crippen LogP contribution < -0.4 is 4.74 Å². The first-order chi connectivity index (χ1) is 9.56. The SMILES string of the molecule is O=C(O)CC1CCN(C(=O)COc2ccccc2F)C1. The maximum Gasteiger partial charge on any atom is 0.303 e. The van der Waals surface area contributed by atoms with Crippen LogP contribution >= 0.6 is 0 Å². The number of halogens is 1. The molecule has 1 heterocycles. The summed E-state index contributed by atoms with van der Waals surface area (Å²) in [5.74, 6) is -1.58. The number of rotatable bonds is 5. The number of aliphatic carboxylic acids is 1. The van der Waals surface area contributed by atoms with Crippen LogP contribution in [0.25, 0.3) is 0 Å². The van der Waals surface area contributed by atoms with Gasteiger partial charge in [-0.1, -0.05) is 12.1 Å². The number of hydrogen-bond acceptors (Lipinski definition) is 3. The Hall–Kier alpha value is -2.11. The Kier molecular flexibility index (Phi) is 4.55. The molecule has 1 unspecified atom stereocenters. The van der Waals surface area contributed by atoms with Crippen molar-refractivity contribution in [2.45, 2.75) is 12.8 Å². The third-order valence-electron chi connectivity index (χ3n) is 3.29. The molecule has 0 aromatic heterocycles. The number of benzene rings is 1. The van der Waals surface area contributed by atoms with E-state index in [1.165, 1.54) is 12.1 Å². The molecule has 0 radical (unpaired) electrons. The molecule has 1 amide bonds. The van der Waals surface area contributed by atoms with Gasteiger partial charge in [-0.05, 0) is 24.5 Å². The third-order valence-corrected chi connectivity index (χ3v) is 3.29. The molecule has 6 heteroatoms. The van der Waals surface area contributed by atoms with Gasteiger partial charge in [-0.15, -0.1) is 0 Å². The molecule has 1 atom stereocenters. The Bertz CT molecular complexity index is 506. The Labute approximate surface area is 116 Å². The van der Waals surface area contributed by atoms with E-state index in [9.17, 15) is 14.0 Å². The van der Waals surface area contributed by atoms with E-state index in [1.54, 1.807) is 17.0 Å². The molecule has 0 bridgehead atoms. The number of hydrogen-bond donors (Lipinski definition) is 1. The van der Waals surface area contributed by atoms with Crippen molar-refractivity contribution in [2.24, 2.45) is 5.92 Å². The third kappa shape index (κ3) is 3.69. The zero-order valence-corrected chi connectivity index (χ0v) is 10.9. The van der Waals surface area contributed by atoms with Crippen molar-refractivity contribution in [3.05, 3.63) is 30.1 Å². The molecule has 0 spiro atoms. The number of ether oxygens (including phenoxy) is 1. The first kappa shape index (κ1) is 14.3. The maximum atomic E-state index is 13.3. The lowest BCUT2D eigenvalue weighted by atomic mass is 10.1. The van der Waals surface area contributed by atoms with Crippen LogP contribution in [0.3, 0.4) is 0 Å². The molecule has 0 aliphatic carbocycles. The van der Waals surface area contributed by atoms with Crippen molar-refractivity contribution in [2.75, 3.05) is 19.7 Å². The molecule has 5 nitrogen and oxygen atoms in total. The van der Waals surface area contributed by atoms with Gasteiger partial charge in [-0.3, -0.25) is 9.59 Å². The highest BCUT2D eigenvalue weighted by Crippen LogP contribution is 2.20. The summed E-state index contributed by atoms with van der Waals surface area (Å²) in [5, 5.41) is 8.71. The van der Waals surface area contributed by atoms with Gasteiger partial charge in [-0.25, -0.2) is 4.39 Å². The highest BCUT2D eigenvalue weighted by atomic mass is 19.1. The number of carbonyl (C=O) groups excluding carboxylic acids is 1. The molecule has 1 fully saturated rings. The van der Waals surface area contributed by atoms with Crippen LogP contribution in [-0.4, -0.2) is 41.6 Å². The second-order valence-corrected chi connectivity index (χ2v) is 4.81. The molecule has 108 valence electrons. The van der Waals surface area contributed by atoms with E-state index < -0.39 is 11.8 Å². The summed E-state index contributed by atoms with van der Waals surface area (Å²) >= 11 is 0. The predicted molar refractivity (Wildman–Crippen MR) is 68.8 cm³/mol. The van der Waals surface area contributed by atoms with Gasteiger partial charge in [-0.2, -0.15) is 0 Å². The van der Waals surface area contributed by atoms with E-state index >= 15 is 0 Å². The molecule has 20 heavy (non-hydrogen) atoms. The molecule has 1 aromatic rings. The zero-order valence-electron chi connectivity index (χ0n) is 10.9. The fourth-order valence-corrected chi connectivity index (χ4v) is 2.27. The summed E-state index contributed by atoms with van der Waals surface area (Å²) < 4.78 is 18.5. The van der Waals surface area contributed by atoms with Crippen LogP contribution in [0.5, 0.6) is 5.75 Å². The van der Waals surface area contributed by atoms with Crippen LogP contribution in [0, 0.1) is 11.7 Å². The van der Waals surface area contributed by atoms with Crippen LogP contribution in [-0.2, 0) is 9.59 Å². The van der Waals surface area contributed by atoms with Gasteiger partial charge in [0, 0.05) is 19.5 Å². The van der Waals surface area contributed by atoms with Crippen molar-refractivity contribution in [3.8, 4) is 5.75 Å². The lowest BCUT2D eigenvalue weighted by molar-refractivity contribution is -0.138. The van der Waals surface area contributed by atoms with E-state index in [-0.39, 0.29) is 30.6 Å². The number of likely N-dealkylation sites (tertiary alicyclic amines) is 1. The van der Waals surface area contributed by atoms with Gasteiger partial charge in [0.1, 0.15) is 0 Å². The Morgan fingerprint density at radius 3 is 2.85 bits per heavy atom. The monoisotopic (exact) mass is 281 g/mol.